The third-order valence-electron chi connectivity index (χ3n) is 11.7. The van der Waals surface area contributed by atoms with Gasteiger partial charge in [0.25, 0.3) is 0 Å². The van der Waals surface area contributed by atoms with Crippen LogP contribution in [0, 0.1) is 0 Å². The van der Waals surface area contributed by atoms with Crippen molar-refractivity contribution in [2.24, 2.45) is 0 Å². The van der Waals surface area contributed by atoms with Crippen LogP contribution in [0.15, 0.2) is 12.2 Å². The van der Waals surface area contributed by atoms with Crippen LogP contribution in [0.1, 0.15) is 296 Å². The Kier molecular flexibility index (Phi) is 45.9. The van der Waals surface area contributed by atoms with E-state index in [0.29, 0.717) is 6.42 Å². The Bertz CT molecular complexity index is 792. The first-order valence-electron chi connectivity index (χ1n) is 25.2. The fourth-order valence-electron chi connectivity index (χ4n) is 8.01. The van der Waals surface area contributed by atoms with Gasteiger partial charge >= 0.3 is 11.9 Å². The minimum atomic E-state index is -0.695. The lowest BCUT2D eigenvalue weighted by atomic mass is 10.0. The van der Waals surface area contributed by atoms with Crippen molar-refractivity contribution in [1.82, 2.24) is 0 Å². The van der Waals surface area contributed by atoms with Gasteiger partial charge in [-0.15, -0.1) is 0 Å². The summed E-state index contributed by atoms with van der Waals surface area (Å²) in [5.74, 6) is -0.685. The molecule has 0 saturated heterocycles. The van der Waals surface area contributed by atoms with Crippen LogP contribution < -0.4 is 0 Å². The molecule has 4 nitrogen and oxygen atoms in total. The topological polar surface area (TPSA) is 63.6 Å². The molecule has 0 rings (SSSR count). The van der Waals surface area contributed by atoms with Crippen LogP contribution in [-0.2, 0) is 14.3 Å². The first-order chi connectivity index (χ1) is 27.1. The van der Waals surface area contributed by atoms with Gasteiger partial charge < -0.3 is 9.84 Å². The number of carboxylic acids is 1. The zero-order chi connectivity index (χ0) is 40.0. The van der Waals surface area contributed by atoms with Crippen molar-refractivity contribution in [3.63, 3.8) is 0 Å². The predicted molar refractivity (Wildman–Crippen MR) is 241 cm³/mol. The van der Waals surface area contributed by atoms with Gasteiger partial charge in [-0.25, -0.2) is 0 Å². The minimum absolute atomic E-state index is 0.0100. The monoisotopic (exact) mass is 775 g/mol. The van der Waals surface area contributed by atoms with E-state index in [9.17, 15) is 9.59 Å². The van der Waals surface area contributed by atoms with Crippen LogP contribution in [0.25, 0.3) is 0 Å². The minimum Gasteiger partial charge on any atom is -0.481 e. The molecule has 0 aliphatic rings. The number of esters is 1. The maximum absolute atomic E-state index is 12.8. The maximum atomic E-state index is 12.8. The maximum Gasteiger partial charge on any atom is 0.306 e. The summed E-state index contributed by atoms with van der Waals surface area (Å²) in [6, 6.07) is 0. The van der Waals surface area contributed by atoms with Crippen LogP contribution in [0.4, 0.5) is 0 Å². The van der Waals surface area contributed by atoms with E-state index in [1.54, 1.807) is 0 Å². The average Bonchev–Trinajstić information content (AvgIpc) is 3.17. The zero-order valence-corrected chi connectivity index (χ0v) is 37.5. The van der Waals surface area contributed by atoms with Gasteiger partial charge in [0.1, 0.15) is 6.10 Å². The zero-order valence-electron chi connectivity index (χ0n) is 37.5. The number of carbonyl (C=O) groups is 2. The van der Waals surface area contributed by atoms with Gasteiger partial charge in [0, 0.05) is 12.8 Å². The largest absolute Gasteiger partial charge is 0.481 e. The molecule has 1 unspecified atom stereocenters. The average molecular weight is 775 g/mol. The van der Waals surface area contributed by atoms with Gasteiger partial charge in [-0.1, -0.05) is 231 Å². The Labute approximate surface area is 345 Å². The number of carboxylic acid groups (broad SMARTS) is 1. The van der Waals surface area contributed by atoms with Crippen LogP contribution in [-0.4, -0.2) is 23.1 Å². The van der Waals surface area contributed by atoms with Crippen molar-refractivity contribution in [3.8, 4) is 0 Å². The Morgan fingerprint density at radius 1 is 0.382 bits per heavy atom. The number of allylic oxidation sites excluding steroid dienone is 2. The summed E-state index contributed by atoms with van der Waals surface area (Å²) in [6.07, 6.45) is 59.8. The van der Waals surface area contributed by atoms with E-state index in [0.717, 1.165) is 64.2 Å². The highest BCUT2D eigenvalue weighted by Gasteiger charge is 2.14. The molecule has 0 heterocycles. The highest BCUT2D eigenvalue weighted by atomic mass is 16.5. The number of ether oxygens (including phenoxy) is 1. The molecule has 0 fully saturated rings. The molecule has 0 bridgehead atoms. The number of unbranched alkanes of at least 4 members (excludes halogenated alkanes) is 36. The normalized spacial score (nSPS) is 12.2. The SMILES string of the molecule is CCCCCCCCCC/C=C\CCCCCCCCCCCCCC(=O)OC(CCCCCCCCCCCCCCCC)CCCCCCCC(=O)O. The summed E-state index contributed by atoms with van der Waals surface area (Å²) in [6.45, 7) is 4.58. The third kappa shape index (κ3) is 47.0. The molecule has 0 aliphatic carbocycles. The quantitative estimate of drug-likeness (QED) is 0.0380. The van der Waals surface area contributed by atoms with E-state index in [-0.39, 0.29) is 18.5 Å². The lowest BCUT2D eigenvalue weighted by molar-refractivity contribution is -0.150. The molecule has 0 aliphatic heterocycles. The van der Waals surface area contributed by atoms with Crippen LogP contribution >= 0.6 is 0 Å². The summed E-state index contributed by atoms with van der Waals surface area (Å²) < 4.78 is 6.05. The molecule has 0 spiro atoms. The second kappa shape index (κ2) is 47.1. The van der Waals surface area contributed by atoms with Gasteiger partial charge in [0.05, 0.1) is 0 Å². The Morgan fingerprint density at radius 3 is 0.982 bits per heavy atom. The highest BCUT2D eigenvalue weighted by Crippen LogP contribution is 2.20. The number of hydrogen-bond donors (Lipinski definition) is 1. The predicted octanol–water partition coefficient (Wildman–Crippen LogP) is 17.7. The molecule has 326 valence electrons. The second-order valence-electron chi connectivity index (χ2n) is 17.4. The fourth-order valence-corrected chi connectivity index (χ4v) is 8.01. The number of hydrogen-bond acceptors (Lipinski definition) is 3. The summed E-state index contributed by atoms with van der Waals surface area (Å²) in [7, 11) is 0. The first kappa shape index (κ1) is 53.7. The van der Waals surface area contributed by atoms with Crippen LogP contribution in [0.5, 0.6) is 0 Å². The molecule has 0 saturated carbocycles. The third-order valence-corrected chi connectivity index (χ3v) is 11.7. The highest BCUT2D eigenvalue weighted by molar-refractivity contribution is 5.69. The molecule has 1 atom stereocenters. The number of rotatable bonds is 47. The van der Waals surface area contributed by atoms with E-state index in [1.807, 2.05) is 0 Å². The smallest absolute Gasteiger partial charge is 0.306 e. The Balaban J connectivity index is 3.86. The molecule has 4 heteroatoms. The standard InChI is InChI=1S/C51H98O4/c1-3-5-7-9-11-13-15-17-19-20-21-22-23-24-25-26-27-29-31-33-35-40-44-48-51(54)55-49(46-42-38-36-39-43-47-50(52)53)45-41-37-34-32-30-28-18-16-14-12-10-8-6-4-2/h20-21,49H,3-19,22-48H2,1-2H3,(H,52,53)/b21-20-. The second-order valence-corrected chi connectivity index (χ2v) is 17.4. The molecule has 0 aromatic heterocycles. The number of aliphatic carboxylic acids is 1. The van der Waals surface area contributed by atoms with E-state index in [2.05, 4.69) is 26.0 Å². The lowest BCUT2D eigenvalue weighted by Gasteiger charge is -2.18. The molecule has 0 amide bonds. The van der Waals surface area contributed by atoms with Gasteiger partial charge in [-0.2, -0.15) is 0 Å². The van der Waals surface area contributed by atoms with Crippen molar-refractivity contribution in [3.05, 3.63) is 12.2 Å². The van der Waals surface area contributed by atoms with Gasteiger partial charge in [-0.3, -0.25) is 9.59 Å². The summed E-state index contributed by atoms with van der Waals surface area (Å²) >= 11 is 0. The van der Waals surface area contributed by atoms with Crippen molar-refractivity contribution in [2.45, 2.75) is 302 Å². The molecular weight excluding hydrogens is 677 g/mol. The Hall–Kier alpha value is -1.32. The van der Waals surface area contributed by atoms with E-state index < -0.39 is 5.97 Å². The molecule has 1 N–H and O–H groups in total. The first-order valence-corrected chi connectivity index (χ1v) is 25.2. The number of carbonyl (C=O) groups excluding carboxylic acids is 1. The molecular formula is C51H98O4. The molecule has 55 heavy (non-hydrogen) atoms. The summed E-state index contributed by atoms with van der Waals surface area (Å²) in [4.78, 5) is 23.5. The van der Waals surface area contributed by atoms with Crippen LogP contribution in [0.2, 0.25) is 0 Å². The van der Waals surface area contributed by atoms with Crippen molar-refractivity contribution < 1.29 is 19.4 Å². The van der Waals surface area contributed by atoms with E-state index in [1.165, 1.54) is 205 Å². The molecule has 0 aromatic rings. The molecule has 0 radical (unpaired) electrons. The van der Waals surface area contributed by atoms with Crippen molar-refractivity contribution >= 4 is 11.9 Å². The molecule has 0 aromatic carbocycles. The van der Waals surface area contributed by atoms with Crippen molar-refractivity contribution in [1.29, 1.82) is 0 Å². The fraction of sp³-hybridized carbons (Fsp3) is 0.922. The van der Waals surface area contributed by atoms with Gasteiger partial charge in [0.15, 0.2) is 0 Å². The Morgan fingerprint density at radius 2 is 0.655 bits per heavy atom. The summed E-state index contributed by atoms with van der Waals surface area (Å²) in [5.41, 5.74) is 0. The van der Waals surface area contributed by atoms with Gasteiger partial charge in [0.2, 0.25) is 0 Å². The van der Waals surface area contributed by atoms with Crippen molar-refractivity contribution in [2.75, 3.05) is 0 Å². The van der Waals surface area contributed by atoms with Crippen LogP contribution in [0.3, 0.4) is 0 Å². The van der Waals surface area contributed by atoms with E-state index >= 15 is 0 Å². The lowest BCUT2D eigenvalue weighted by Crippen LogP contribution is -2.18. The van der Waals surface area contributed by atoms with E-state index in [4.69, 9.17) is 9.84 Å². The summed E-state index contributed by atoms with van der Waals surface area (Å²) in [5, 5.41) is 8.86. The van der Waals surface area contributed by atoms with Gasteiger partial charge in [-0.05, 0) is 64.2 Å².